The third kappa shape index (κ3) is 5.93. The number of benzene rings is 1. The van der Waals surface area contributed by atoms with Crippen LogP contribution in [0, 0.1) is 5.92 Å². The summed E-state index contributed by atoms with van der Waals surface area (Å²) in [5.74, 6) is 0.650. The normalized spacial score (nSPS) is 16.8. The molecule has 11 heteroatoms. The number of methoxy groups -OCH3 is 1. The molecule has 37 heavy (non-hydrogen) atoms. The molecule has 2 fully saturated rings. The van der Waals surface area contributed by atoms with E-state index in [1.807, 2.05) is 4.90 Å². The van der Waals surface area contributed by atoms with Gasteiger partial charge in [0.05, 0.1) is 12.6 Å². The molecule has 0 bridgehead atoms. The highest BCUT2D eigenvalue weighted by Gasteiger charge is 2.33. The number of nitrogens with zero attached hydrogens (tertiary/aromatic N) is 5. The summed E-state index contributed by atoms with van der Waals surface area (Å²) in [6, 6.07) is 6.63. The summed E-state index contributed by atoms with van der Waals surface area (Å²) in [5.41, 5.74) is -0.296. The van der Waals surface area contributed by atoms with Gasteiger partial charge in [-0.05, 0) is 37.0 Å². The molecule has 0 spiro atoms. The number of rotatable bonds is 8. The van der Waals surface area contributed by atoms with Crippen LogP contribution < -0.4 is 4.74 Å². The number of hydrogen-bond acceptors (Lipinski definition) is 6. The van der Waals surface area contributed by atoms with Crippen LogP contribution in [-0.4, -0.2) is 76.1 Å². The zero-order valence-electron chi connectivity index (χ0n) is 20.5. The summed E-state index contributed by atoms with van der Waals surface area (Å²) in [6.45, 7) is 4.41. The van der Waals surface area contributed by atoms with Crippen molar-refractivity contribution in [2.24, 2.45) is 5.92 Å². The van der Waals surface area contributed by atoms with Crippen LogP contribution in [0.3, 0.4) is 0 Å². The maximum atomic E-state index is 13.0. The molecule has 0 unspecified atom stereocenters. The minimum atomic E-state index is -4.64. The molecule has 1 saturated carbocycles. The predicted molar refractivity (Wildman–Crippen MR) is 129 cm³/mol. The Bertz CT molecular complexity index is 1310. The van der Waals surface area contributed by atoms with E-state index in [0.717, 1.165) is 37.7 Å². The van der Waals surface area contributed by atoms with E-state index in [-0.39, 0.29) is 24.6 Å². The lowest BCUT2D eigenvalue weighted by molar-refractivity contribution is -0.141. The number of piperazine rings is 1. The van der Waals surface area contributed by atoms with Crippen molar-refractivity contribution in [1.29, 1.82) is 0 Å². The number of aromatic nitrogens is 3. The van der Waals surface area contributed by atoms with Gasteiger partial charge in [0.25, 0.3) is 0 Å². The molecular weight excluding hydrogens is 487 g/mol. The number of Topliss-reactive ketones (excluding diaryl/α,β-unsaturated/α-hetero) is 1. The molecule has 2 aliphatic rings. The second-order valence-electron chi connectivity index (χ2n) is 9.68. The fourth-order valence-electron chi connectivity index (χ4n) is 4.66. The molecule has 2 aromatic heterocycles. The molecule has 0 N–H and O–H groups in total. The molecule has 0 atom stereocenters. The van der Waals surface area contributed by atoms with Crippen molar-refractivity contribution in [3.63, 3.8) is 0 Å². The van der Waals surface area contributed by atoms with E-state index in [9.17, 15) is 22.8 Å². The van der Waals surface area contributed by atoms with Crippen molar-refractivity contribution in [3.8, 4) is 5.75 Å². The van der Waals surface area contributed by atoms with Crippen LogP contribution in [0.1, 0.15) is 34.6 Å². The van der Waals surface area contributed by atoms with E-state index in [0.29, 0.717) is 35.3 Å². The smallest absolute Gasteiger partial charge is 0.433 e. The molecule has 1 aromatic carbocycles. The predicted octanol–water partition coefficient (Wildman–Crippen LogP) is 3.44. The summed E-state index contributed by atoms with van der Waals surface area (Å²) in [7, 11) is 1.45. The van der Waals surface area contributed by atoms with Gasteiger partial charge >= 0.3 is 6.18 Å². The van der Waals surface area contributed by atoms with Crippen molar-refractivity contribution in [3.05, 3.63) is 53.5 Å². The fraction of sp³-hybridized carbons (Fsp3) is 0.462. The molecule has 196 valence electrons. The monoisotopic (exact) mass is 515 g/mol. The van der Waals surface area contributed by atoms with Crippen molar-refractivity contribution in [1.82, 2.24) is 24.6 Å². The number of carbonyl (C=O) groups excluding carboxylic acids is 2. The third-order valence-corrected chi connectivity index (χ3v) is 6.87. The number of ether oxygens (including phenoxy) is 1. The van der Waals surface area contributed by atoms with Gasteiger partial charge in [-0.2, -0.15) is 18.3 Å². The molecule has 0 radical (unpaired) electrons. The van der Waals surface area contributed by atoms with Crippen molar-refractivity contribution < 1.29 is 27.5 Å². The van der Waals surface area contributed by atoms with E-state index in [1.165, 1.54) is 26.0 Å². The summed E-state index contributed by atoms with van der Waals surface area (Å²) in [5, 5.41) is 5.19. The standard InChI is InChI=1S/C26H28F3N5O3/c1-37-23-13-21-19(11-18(23)12-22(35)20-3-2-4-24(30-20)26(27,28)29)15-34(31-21)16-25(36)33-9-7-32(8-10-33)14-17-5-6-17/h2-4,11,13,15,17H,5-10,12,14,16H2,1H3. The maximum Gasteiger partial charge on any atom is 0.433 e. The number of hydrogen-bond donors (Lipinski definition) is 0. The van der Waals surface area contributed by atoms with Gasteiger partial charge in [-0.1, -0.05) is 6.07 Å². The van der Waals surface area contributed by atoms with Gasteiger partial charge in [-0.25, -0.2) is 4.98 Å². The van der Waals surface area contributed by atoms with Crippen LogP contribution in [0.25, 0.3) is 10.9 Å². The molecule has 3 heterocycles. The minimum Gasteiger partial charge on any atom is -0.496 e. The van der Waals surface area contributed by atoms with Gasteiger partial charge < -0.3 is 9.64 Å². The van der Waals surface area contributed by atoms with Crippen LogP contribution >= 0.6 is 0 Å². The van der Waals surface area contributed by atoms with E-state index < -0.39 is 17.7 Å². The SMILES string of the molecule is COc1cc2nn(CC(=O)N3CCN(CC4CC4)CC3)cc2cc1CC(=O)c1cccc(C(F)(F)F)n1. The Hall–Kier alpha value is -3.47. The molecular formula is C26H28F3N5O3. The molecule has 1 saturated heterocycles. The number of pyridine rings is 1. The first-order valence-corrected chi connectivity index (χ1v) is 12.3. The quantitative estimate of drug-likeness (QED) is 0.428. The number of ketones is 1. The Labute approximate surface area is 212 Å². The van der Waals surface area contributed by atoms with E-state index >= 15 is 0 Å². The zero-order chi connectivity index (χ0) is 26.2. The molecule has 1 aliphatic heterocycles. The Balaban J connectivity index is 1.27. The van der Waals surface area contributed by atoms with Crippen LogP contribution in [0.15, 0.2) is 36.5 Å². The summed E-state index contributed by atoms with van der Waals surface area (Å²) in [6.07, 6.45) is -0.470. The molecule has 1 aliphatic carbocycles. The van der Waals surface area contributed by atoms with Crippen LogP contribution in [0.5, 0.6) is 5.75 Å². The average molecular weight is 516 g/mol. The van der Waals surface area contributed by atoms with Crippen molar-refractivity contribution in [2.45, 2.75) is 32.0 Å². The number of halogens is 3. The maximum absolute atomic E-state index is 13.0. The van der Waals surface area contributed by atoms with Gasteiger partial charge in [0.15, 0.2) is 5.78 Å². The van der Waals surface area contributed by atoms with Gasteiger partial charge in [-0.15, -0.1) is 0 Å². The Morgan fingerprint density at radius 3 is 2.54 bits per heavy atom. The molecule has 1 amide bonds. The largest absolute Gasteiger partial charge is 0.496 e. The highest BCUT2D eigenvalue weighted by molar-refractivity contribution is 5.97. The Morgan fingerprint density at radius 2 is 1.86 bits per heavy atom. The lowest BCUT2D eigenvalue weighted by atomic mass is 10.0. The number of alkyl halides is 3. The molecule has 8 nitrogen and oxygen atoms in total. The topological polar surface area (TPSA) is 80.6 Å². The summed E-state index contributed by atoms with van der Waals surface area (Å²) >= 11 is 0. The second-order valence-corrected chi connectivity index (χ2v) is 9.68. The Morgan fingerprint density at radius 1 is 1.11 bits per heavy atom. The summed E-state index contributed by atoms with van der Waals surface area (Å²) in [4.78, 5) is 33.4. The number of fused-ring (bicyclic) bond motifs is 1. The molecule has 3 aromatic rings. The first-order chi connectivity index (χ1) is 17.7. The third-order valence-electron chi connectivity index (χ3n) is 6.87. The lowest BCUT2D eigenvalue weighted by Gasteiger charge is -2.34. The van der Waals surface area contributed by atoms with Crippen molar-refractivity contribution >= 4 is 22.6 Å². The fourth-order valence-corrected chi connectivity index (χ4v) is 4.66. The highest BCUT2D eigenvalue weighted by atomic mass is 19.4. The van der Waals surface area contributed by atoms with Gasteiger partial charge in [0, 0.05) is 62.4 Å². The van der Waals surface area contributed by atoms with E-state index in [4.69, 9.17) is 4.74 Å². The first kappa shape index (κ1) is 25.2. The lowest BCUT2D eigenvalue weighted by Crippen LogP contribution is -2.49. The second kappa shape index (κ2) is 10.1. The number of amides is 1. The summed E-state index contributed by atoms with van der Waals surface area (Å²) < 4.78 is 46.0. The van der Waals surface area contributed by atoms with Gasteiger partial charge in [-0.3, -0.25) is 19.2 Å². The molecule has 5 rings (SSSR count). The van der Waals surface area contributed by atoms with E-state index in [1.54, 1.807) is 23.0 Å². The zero-order valence-corrected chi connectivity index (χ0v) is 20.5. The van der Waals surface area contributed by atoms with Crippen LogP contribution in [0.2, 0.25) is 0 Å². The number of carbonyl (C=O) groups is 2. The van der Waals surface area contributed by atoms with Crippen LogP contribution in [-0.2, 0) is 23.9 Å². The Kier molecular flexibility index (Phi) is 6.89. The van der Waals surface area contributed by atoms with Gasteiger partial charge in [0.2, 0.25) is 5.91 Å². The van der Waals surface area contributed by atoms with Crippen LogP contribution in [0.4, 0.5) is 13.2 Å². The van der Waals surface area contributed by atoms with Gasteiger partial charge in [0.1, 0.15) is 23.7 Å². The average Bonchev–Trinajstić information content (AvgIpc) is 3.60. The van der Waals surface area contributed by atoms with E-state index in [2.05, 4.69) is 15.0 Å². The first-order valence-electron chi connectivity index (χ1n) is 12.3. The van der Waals surface area contributed by atoms with Crippen molar-refractivity contribution in [2.75, 3.05) is 39.8 Å². The minimum absolute atomic E-state index is 0.00290. The highest BCUT2D eigenvalue weighted by Crippen LogP contribution is 2.30.